The van der Waals surface area contributed by atoms with Gasteiger partial charge in [-0.15, -0.1) is 0 Å². The van der Waals surface area contributed by atoms with E-state index in [1.807, 2.05) is 24.2 Å². The normalized spacial score (nSPS) is 20.1. The van der Waals surface area contributed by atoms with Crippen LogP contribution in [0.25, 0.3) is 0 Å². The number of aryl methyl sites for hydroxylation is 1. The number of hydrogen-bond donors (Lipinski definition) is 1. The van der Waals surface area contributed by atoms with Crippen LogP contribution in [0.2, 0.25) is 0 Å². The van der Waals surface area contributed by atoms with E-state index in [0.717, 1.165) is 63.1 Å². The van der Waals surface area contributed by atoms with Crippen LogP contribution >= 0.6 is 0 Å². The van der Waals surface area contributed by atoms with Gasteiger partial charge >= 0.3 is 6.18 Å². The van der Waals surface area contributed by atoms with E-state index in [1.54, 1.807) is 0 Å². The van der Waals surface area contributed by atoms with Crippen molar-refractivity contribution in [1.29, 1.82) is 0 Å². The van der Waals surface area contributed by atoms with Crippen LogP contribution in [0, 0.1) is 0 Å². The number of anilines is 2. The van der Waals surface area contributed by atoms with Gasteiger partial charge in [-0.05, 0) is 62.6 Å². The van der Waals surface area contributed by atoms with Gasteiger partial charge in [-0.25, -0.2) is 0 Å². The molecule has 0 spiro atoms. The van der Waals surface area contributed by atoms with Crippen molar-refractivity contribution in [2.45, 2.75) is 37.9 Å². The van der Waals surface area contributed by atoms with Crippen LogP contribution < -0.4 is 10.2 Å². The molecule has 5 nitrogen and oxygen atoms in total. The van der Waals surface area contributed by atoms with Gasteiger partial charge in [0, 0.05) is 32.0 Å². The number of nitrogens with one attached hydrogen (secondary N) is 1. The molecular formula is C22H27F3N4O. The summed E-state index contributed by atoms with van der Waals surface area (Å²) in [5, 5.41) is 2.78. The SMILES string of the molecule is Cn1cccc1[C@H]1CCCN1CC(=O)Nc1cc(C(F)(F)F)ccc1N1CCCC1. The molecule has 1 aromatic heterocycles. The van der Waals surface area contributed by atoms with Crippen molar-refractivity contribution in [3.8, 4) is 0 Å². The Balaban J connectivity index is 1.52. The molecule has 1 aromatic carbocycles. The van der Waals surface area contributed by atoms with E-state index >= 15 is 0 Å². The monoisotopic (exact) mass is 420 g/mol. The molecular weight excluding hydrogens is 393 g/mol. The third-order valence-corrected chi connectivity index (χ3v) is 6.08. The minimum atomic E-state index is -4.45. The fraction of sp³-hybridized carbons (Fsp3) is 0.500. The number of rotatable bonds is 5. The first-order valence-corrected chi connectivity index (χ1v) is 10.4. The Morgan fingerprint density at radius 1 is 1.13 bits per heavy atom. The quantitative estimate of drug-likeness (QED) is 0.779. The molecule has 1 amide bonds. The summed E-state index contributed by atoms with van der Waals surface area (Å²) in [6.07, 6.45) is 1.49. The molecule has 0 unspecified atom stereocenters. The number of carbonyl (C=O) groups excluding carboxylic acids is 1. The molecule has 2 aromatic rings. The fourth-order valence-electron chi connectivity index (χ4n) is 4.59. The predicted octanol–water partition coefficient (Wildman–Crippen LogP) is 4.42. The van der Waals surface area contributed by atoms with Gasteiger partial charge in [0.25, 0.3) is 0 Å². The Morgan fingerprint density at radius 2 is 1.90 bits per heavy atom. The summed E-state index contributed by atoms with van der Waals surface area (Å²) < 4.78 is 41.8. The Hall–Kier alpha value is -2.48. The van der Waals surface area contributed by atoms with Gasteiger partial charge in [0.05, 0.1) is 29.5 Å². The summed E-state index contributed by atoms with van der Waals surface area (Å²) in [5.74, 6) is -0.282. The maximum absolute atomic E-state index is 13.3. The number of alkyl halides is 3. The summed E-state index contributed by atoms with van der Waals surface area (Å²) in [4.78, 5) is 17.0. The van der Waals surface area contributed by atoms with Crippen LogP contribution in [0.15, 0.2) is 36.5 Å². The van der Waals surface area contributed by atoms with Crippen LogP contribution in [-0.4, -0.2) is 41.6 Å². The maximum Gasteiger partial charge on any atom is 0.416 e. The van der Waals surface area contributed by atoms with Gasteiger partial charge in [-0.2, -0.15) is 13.2 Å². The minimum absolute atomic E-state index is 0.148. The molecule has 4 rings (SSSR count). The summed E-state index contributed by atoms with van der Waals surface area (Å²) in [7, 11) is 1.98. The number of benzene rings is 1. The van der Waals surface area contributed by atoms with E-state index in [0.29, 0.717) is 5.69 Å². The smallest absolute Gasteiger partial charge is 0.370 e. The maximum atomic E-state index is 13.3. The van der Waals surface area contributed by atoms with E-state index in [9.17, 15) is 18.0 Å². The largest absolute Gasteiger partial charge is 0.416 e. The van der Waals surface area contributed by atoms with Gasteiger partial charge in [0.1, 0.15) is 0 Å². The van der Waals surface area contributed by atoms with Crippen molar-refractivity contribution in [1.82, 2.24) is 9.47 Å². The van der Waals surface area contributed by atoms with E-state index < -0.39 is 11.7 Å². The molecule has 0 radical (unpaired) electrons. The lowest BCUT2D eigenvalue weighted by Crippen LogP contribution is -2.34. The molecule has 8 heteroatoms. The number of carbonyl (C=O) groups is 1. The highest BCUT2D eigenvalue weighted by atomic mass is 19.4. The molecule has 2 aliphatic rings. The second kappa shape index (κ2) is 8.34. The van der Waals surface area contributed by atoms with Crippen molar-refractivity contribution in [2.75, 3.05) is 36.4 Å². The molecule has 1 atom stereocenters. The van der Waals surface area contributed by atoms with Gasteiger partial charge < -0.3 is 14.8 Å². The highest BCUT2D eigenvalue weighted by Gasteiger charge is 2.33. The highest BCUT2D eigenvalue weighted by molar-refractivity contribution is 5.96. The van der Waals surface area contributed by atoms with Crippen LogP contribution in [0.3, 0.4) is 0 Å². The molecule has 0 aliphatic carbocycles. The van der Waals surface area contributed by atoms with Crippen molar-refractivity contribution in [2.24, 2.45) is 7.05 Å². The van der Waals surface area contributed by atoms with Crippen LogP contribution in [0.4, 0.5) is 24.5 Å². The molecule has 30 heavy (non-hydrogen) atoms. The topological polar surface area (TPSA) is 40.5 Å². The molecule has 2 saturated heterocycles. The number of likely N-dealkylation sites (tertiary alicyclic amines) is 1. The molecule has 2 aliphatic heterocycles. The van der Waals surface area contributed by atoms with Gasteiger partial charge in [-0.1, -0.05) is 0 Å². The van der Waals surface area contributed by atoms with Crippen molar-refractivity contribution in [3.63, 3.8) is 0 Å². The first-order valence-electron chi connectivity index (χ1n) is 10.4. The average Bonchev–Trinajstić information content (AvgIpc) is 3.43. The standard InChI is InChI=1S/C22H27F3N4O/c1-27-10-4-6-19(27)20-7-5-13-29(20)15-21(30)26-17-14-16(22(23,24)25)8-9-18(17)28-11-2-3-12-28/h4,6,8-10,14,20H,2-3,5,7,11-13,15H2,1H3,(H,26,30)/t20-/m1/s1. The van der Waals surface area contributed by atoms with Gasteiger partial charge in [0.2, 0.25) is 5.91 Å². The third kappa shape index (κ3) is 4.33. The average molecular weight is 420 g/mol. The number of amides is 1. The third-order valence-electron chi connectivity index (χ3n) is 6.08. The summed E-state index contributed by atoms with van der Waals surface area (Å²) >= 11 is 0. The summed E-state index contributed by atoms with van der Waals surface area (Å²) in [6, 6.07) is 7.82. The van der Waals surface area contributed by atoms with E-state index in [1.165, 1.54) is 6.07 Å². The van der Waals surface area contributed by atoms with Gasteiger partial charge in [0.15, 0.2) is 0 Å². The summed E-state index contributed by atoms with van der Waals surface area (Å²) in [5.41, 5.74) is 1.31. The zero-order valence-corrected chi connectivity index (χ0v) is 17.1. The summed E-state index contributed by atoms with van der Waals surface area (Å²) in [6.45, 7) is 2.53. The first kappa shape index (κ1) is 20.8. The van der Waals surface area contributed by atoms with Crippen molar-refractivity contribution in [3.05, 3.63) is 47.8 Å². The molecule has 2 fully saturated rings. The minimum Gasteiger partial charge on any atom is -0.370 e. The zero-order valence-electron chi connectivity index (χ0n) is 17.1. The Bertz CT molecular complexity index is 902. The lowest BCUT2D eigenvalue weighted by molar-refractivity contribution is -0.137. The molecule has 1 N–H and O–H groups in total. The van der Waals surface area contributed by atoms with Gasteiger partial charge in [-0.3, -0.25) is 9.69 Å². The Morgan fingerprint density at radius 3 is 2.57 bits per heavy atom. The van der Waals surface area contributed by atoms with Crippen molar-refractivity contribution < 1.29 is 18.0 Å². The Labute approximate surface area is 174 Å². The van der Waals surface area contributed by atoms with Crippen LogP contribution in [0.5, 0.6) is 0 Å². The van der Waals surface area contributed by atoms with E-state index in [2.05, 4.69) is 20.9 Å². The van der Waals surface area contributed by atoms with Crippen LogP contribution in [0.1, 0.15) is 43.0 Å². The second-order valence-electron chi connectivity index (χ2n) is 8.14. The Kier molecular flexibility index (Phi) is 5.77. The second-order valence-corrected chi connectivity index (χ2v) is 8.14. The lowest BCUT2D eigenvalue weighted by Gasteiger charge is -2.26. The molecule has 0 bridgehead atoms. The molecule has 162 valence electrons. The molecule has 3 heterocycles. The lowest BCUT2D eigenvalue weighted by atomic mass is 10.1. The number of aromatic nitrogens is 1. The first-order chi connectivity index (χ1) is 14.3. The highest BCUT2D eigenvalue weighted by Crippen LogP contribution is 2.37. The number of halogens is 3. The fourth-order valence-corrected chi connectivity index (χ4v) is 4.59. The van der Waals surface area contributed by atoms with Crippen LogP contribution in [-0.2, 0) is 18.0 Å². The zero-order chi connectivity index (χ0) is 21.3. The number of hydrogen-bond acceptors (Lipinski definition) is 3. The number of nitrogens with zero attached hydrogens (tertiary/aromatic N) is 3. The predicted molar refractivity (Wildman–Crippen MR) is 110 cm³/mol. The molecule has 0 saturated carbocycles. The van der Waals surface area contributed by atoms with E-state index in [-0.39, 0.29) is 24.2 Å². The van der Waals surface area contributed by atoms with Crippen molar-refractivity contribution >= 4 is 17.3 Å². The van der Waals surface area contributed by atoms with E-state index in [4.69, 9.17) is 0 Å².